The van der Waals surface area contributed by atoms with E-state index in [1.807, 2.05) is 6.08 Å². The van der Waals surface area contributed by atoms with Crippen molar-refractivity contribution in [2.75, 3.05) is 11.4 Å². The molecule has 2 heteroatoms. The van der Waals surface area contributed by atoms with Crippen LogP contribution in [0.25, 0.3) is 11.6 Å². The lowest BCUT2D eigenvalue weighted by atomic mass is 9.98. The second-order valence-electron chi connectivity index (χ2n) is 5.77. The molecule has 1 aromatic heterocycles. The number of rotatable bonds is 4. The van der Waals surface area contributed by atoms with Gasteiger partial charge in [0, 0.05) is 35.6 Å². The predicted molar refractivity (Wildman–Crippen MR) is 97.9 cm³/mol. The van der Waals surface area contributed by atoms with Crippen molar-refractivity contribution in [3.05, 3.63) is 84.3 Å². The Hall–Kier alpha value is -2.61. The number of para-hydroxylation sites is 1. The number of allylic oxidation sites excluding steroid dienone is 3. The first-order valence-electron chi connectivity index (χ1n) is 8.10. The van der Waals surface area contributed by atoms with Gasteiger partial charge in [0.15, 0.2) is 18.9 Å². The Kier molecular flexibility index (Phi) is 4.42. The van der Waals surface area contributed by atoms with Crippen LogP contribution >= 0.6 is 0 Å². The summed E-state index contributed by atoms with van der Waals surface area (Å²) in [6.45, 7) is 9.95. The van der Waals surface area contributed by atoms with Crippen LogP contribution in [-0.2, 0) is 6.54 Å². The fourth-order valence-corrected chi connectivity index (χ4v) is 3.04. The van der Waals surface area contributed by atoms with Gasteiger partial charge in [0.05, 0.1) is 0 Å². The zero-order chi connectivity index (χ0) is 16.2. The van der Waals surface area contributed by atoms with Crippen LogP contribution < -0.4 is 9.47 Å². The number of nitrogens with zero attached hydrogens (tertiary/aromatic N) is 2. The molecule has 0 amide bonds. The standard InChI is InChI=1S/C21H23N2/c1-4-12-22-13-10-18(11-14-22)16-19-15-17(3)20-8-6-7-9-21(20)23(19)5-2/h4,6-11,13-16H,1,5,12H2,2-3H3/q+1. The molecule has 3 rings (SSSR count). The smallest absolute Gasteiger partial charge is 0.169 e. The molecule has 0 bridgehead atoms. The van der Waals surface area contributed by atoms with E-state index in [0.717, 1.165) is 13.1 Å². The van der Waals surface area contributed by atoms with Gasteiger partial charge in [-0.05, 0) is 49.3 Å². The SMILES string of the molecule is C=CC[n+]1ccc(/C=C2\C=C(C)c3ccccc3N2CC)cc1. The van der Waals surface area contributed by atoms with E-state index in [1.165, 1.54) is 28.1 Å². The third-order valence-electron chi connectivity index (χ3n) is 4.18. The van der Waals surface area contributed by atoms with Crippen LogP contribution in [0.1, 0.15) is 25.0 Å². The summed E-state index contributed by atoms with van der Waals surface area (Å²) in [5.74, 6) is 0. The Morgan fingerprint density at radius 3 is 2.57 bits per heavy atom. The lowest BCUT2D eigenvalue weighted by Crippen LogP contribution is -2.31. The van der Waals surface area contributed by atoms with Gasteiger partial charge in [0.25, 0.3) is 0 Å². The van der Waals surface area contributed by atoms with Crippen LogP contribution in [0.5, 0.6) is 0 Å². The van der Waals surface area contributed by atoms with Gasteiger partial charge in [0.1, 0.15) is 0 Å². The summed E-state index contributed by atoms with van der Waals surface area (Å²) in [5, 5.41) is 0. The van der Waals surface area contributed by atoms with Crippen LogP contribution in [0.15, 0.2) is 73.2 Å². The molecule has 2 aromatic rings. The van der Waals surface area contributed by atoms with Gasteiger partial charge >= 0.3 is 0 Å². The van der Waals surface area contributed by atoms with E-state index in [4.69, 9.17) is 0 Å². The average molecular weight is 303 g/mol. The zero-order valence-electron chi connectivity index (χ0n) is 13.9. The molecule has 0 saturated carbocycles. The first-order valence-corrected chi connectivity index (χ1v) is 8.10. The normalized spacial score (nSPS) is 15.3. The van der Waals surface area contributed by atoms with Crippen LogP contribution in [0.3, 0.4) is 0 Å². The Balaban J connectivity index is 1.98. The number of likely N-dealkylation sites (N-methyl/N-ethyl adjacent to an activating group) is 1. The molecular weight excluding hydrogens is 280 g/mol. The number of hydrogen-bond acceptors (Lipinski definition) is 1. The second-order valence-corrected chi connectivity index (χ2v) is 5.77. The van der Waals surface area contributed by atoms with Gasteiger partial charge in [-0.1, -0.05) is 24.8 Å². The van der Waals surface area contributed by atoms with E-state index in [2.05, 4.69) is 90.8 Å². The molecule has 0 N–H and O–H groups in total. The number of benzene rings is 1. The van der Waals surface area contributed by atoms with E-state index in [0.29, 0.717) is 0 Å². The van der Waals surface area contributed by atoms with Crippen molar-refractivity contribution >= 4 is 17.3 Å². The average Bonchev–Trinajstić information content (AvgIpc) is 2.57. The third-order valence-corrected chi connectivity index (χ3v) is 4.18. The molecule has 2 heterocycles. The van der Waals surface area contributed by atoms with Gasteiger partial charge in [-0.15, -0.1) is 0 Å². The molecule has 23 heavy (non-hydrogen) atoms. The lowest BCUT2D eigenvalue weighted by Gasteiger charge is -2.31. The molecule has 1 aromatic carbocycles. The predicted octanol–water partition coefficient (Wildman–Crippen LogP) is 4.44. The zero-order valence-corrected chi connectivity index (χ0v) is 13.9. The highest BCUT2D eigenvalue weighted by atomic mass is 15.1. The summed E-state index contributed by atoms with van der Waals surface area (Å²) < 4.78 is 2.11. The molecule has 116 valence electrons. The van der Waals surface area contributed by atoms with Crippen molar-refractivity contribution in [3.8, 4) is 0 Å². The topological polar surface area (TPSA) is 7.12 Å². The van der Waals surface area contributed by atoms with Crippen molar-refractivity contribution in [1.82, 2.24) is 0 Å². The summed E-state index contributed by atoms with van der Waals surface area (Å²) in [4.78, 5) is 2.37. The summed E-state index contributed by atoms with van der Waals surface area (Å²) >= 11 is 0. The summed E-state index contributed by atoms with van der Waals surface area (Å²) in [6, 6.07) is 12.9. The van der Waals surface area contributed by atoms with Crippen molar-refractivity contribution in [2.45, 2.75) is 20.4 Å². The summed E-state index contributed by atoms with van der Waals surface area (Å²) in [6.07, 6.45) is 10.6. The fraction of sp³-hybridized carbons (Fsp3) is 0.190. The fourth-order valence-electron chi connectivity index (χ4n) is 3.04. The molecule has 0 fully saturated rings. The van der Waals surface area contributed by atoms with Gasteiger partial charge in [-0.2, -0.15) is 0 Å². The van der Waals surface area contributed by atoms with Gasteiger partial charge in [0.2, 0.25) is 0 Å². The van der Waals surface area contributed by atoms with E-state index in [-0.39, 0.29) is 0 Å². The number of pyridine rings is 1. The van der Waals surface area contributed by atoms with Crippen LogP contribution in [0.4, 0.5) is 5.69 Å². The molecule has 2 nitrogen and oxygen atoms in total. The molecule has 0 unspecified atom stereocenters. The number of fused-ring (bicyclic) bond motifs is 1. The highest BCUT2D eigenvalue weighted by molar-refractivity contribution is 5.85. The molecular formula is C21H23N2+. The quantitative estimate of drug-likeness (QED) is 0.598. The van der Waals surface area contributed by atoms with E-state index >= 15 is 0 Å². The molecule has 1 aliphatic heterocycles. The van der Waals surface area contributed by atoms with Crippen molar-refractivity contribution in [2.24, 2.45) is 0 Å². The van der Waals surface area contributed by atoms with Crippen LogP contribution in [0.2, 0.25) is 0 Å². The largest absolute Gasteiger partial charge is 0.341 e. The molecule has 0 radical (unpaired) electrons. The van der Waals surface area contributed by atoms with Gasteiger partial charge in [-0.3, -0.25) is 0 Å². The van der Waals surface area contributed by atoms with Crippen molar-refractivity contribution in [1.29, 1.82) is 0 Å². The molecule has 0 atom stereocenters. The number of anilines is 1. The first kappa shape index (κ1) is 15.3. The lowest BCUT2D eigenvalue weighted by molar-refractivity contribution is -0.687. The third kappa shape index (κ3) is 3.11. The first-order chi connectivity index (χ1) is 11.2. The molecule has 0 saturated heterocycles. The highest BCUT2D eigenvalue weighted by Gasteiger charge is 2.18. The van der Waals surface area contributed by atoms with Crippen LogP contribution in [0, 0.1) is 0 Å². The van der Waals surface area contributed by atoms with Crippen LogP contribution in [-0.4, -0.2) is 6.54 Å². The Bertz CT molecular complexity index is 767. The van der Waals surface area contributed by atoms with Crippen molar-refractivity contribution < 1.29 is 4.57 Å². The van der Waals surface area contributed by atoms with Gasteiger partial charge in [-0.25, -0.2) is 4.57 Å². The highest BCUT2D eigenvalue weighted by Crippen LogP contribution is 2.35. The Morgan fingerprint density at radius 2 is 1.87 bits per heavy atom. The molecule has 0 aliphatic carbocycles. The summed E-state index contributed by atoms with van der Waals surface area (Å²) in [5.41, 5.74) is 6.38. The van der Waals surface area contributed by atoms with E-state index in [1.54, 1.807) is 0 Å². The number of hydrogen-bond donors (Lipinski definition) is 0. The van der Waals surface area contributed by atoms with E-state index < -0.39 is 0 Å². The maximum Gasteiger partial charge on any atom is 0.169 e. The Morgan fingerprint density at radius 1 is 1.13 bits per heavy atom. The molecule has 0 spiro atoms. The minimum Gasteiger partial charge on any atom is -0.341 e. The maximum absolute atomic E-state index is 3.78. The minimum absolute atomic E-state index is 0.838. The van der Waals surface area contributed by atoms with Crippen molar-refractivity contribution in [3.63, 3.8) is 0 Å². The van der Waals surface area contributed by atoms with E-state index in [9.17, 15) is 0 Å². The number of aromatic nitrogens is 1. The minimum atomic E-state index is 0.838. The Labute approximate surface area is 138 Å². The summed E-state index contributed by atoms with van der Waals surface area (Å²) in [7, 11) is 0. The second kappa shape index (κ2) is 6.66. The maximum atomic E-state index is 3.78. The van der Waals surface area contributed by atoms with Gasteiger partial charge < -0.3 is 4.90 Å². The monoisotopic (exact) mass is 303 g/mol. The molecule has 1 aliphatic rings.